The molecule has 1 fully saturated rings. The minimum absolute atomic E-state index is 0.0200. The molecule has 43 heavy (non-hydrogen) atoms. The second kappa shape index (κ2) is 11.4. The van der Waals surface area contributed by atoms with Gasteiger partial charge in [-0.25, -0.2) is 4.79 Å². The van der Waals surface area contributed by atoms with Crippen molar-refractivity contribution in [3.8, 4) is 0 Å². The van der Waals surface area contributed by atoms with Crippen LogP contribution in [0.25, 0.3) is 0 Å². The minimum Gasteiger partial charge on any atom is -0.394 e. The van der Waals surface area contributed by atoms with Crippen LogP contribution in [0.1, 0.15) is 74.1 Å². The van der Waals surface area contributed by atoms with Crippen molar-refractivity contribution in [3.05, 3.63) is 32.6 Å². The number of aromatic amines is 1. The van der Waals surface area contributed by atoms with Crippen molar-refractivity contribution in [3.63, 3.8) is 0 Å². The summed E-state index contributed by atoms with van der Waals surface area (Å²) in [6, 6.07) is 0. The number of ether oxygens (including phenoxy) is 1. The molecule has 2 unspecified atom stereocenters. The highest BCUT2D eigenvalue weighted by Crippen LogP contribution is 2.63. The van der Waals surface area contributed by atoms with Gasteiger partial charge in [0.2, 0.25) is 0 Å². The molecule has 250 valence electrons. The number of aliphatic hydroxyl groups excluding tert-OH is 3. The van der Waals surface area contributed by atoms with Crippen LogP contribution in [0.3, 0.4) is 0 Å². The van der Waals surface area contributed by atoms with E-state index in [1.807, 2.05) is 80.8 Å². The van der Waals surface area contributed by atoms with Crippen LogP contribution in [0.2, 0.25) is 54.4 Å². The topological polar surface area (TPSA) is 165 Å². The zero-order valence-electron chi connectivity index (χ0n) is 29.2. The second-order valence-corrected chi connectivity index (χ2v) is 34.0. The molecule has 0 amide bonds. The van der Waals surface area contributed by atoms with Crippen LogP contribution in [-0.2, 0) is 11.2 Å². The second-order valence-electron chi connectivity index (χ2n) is 17.5. The Balaban J connectivity index is 3.20. The van der Waals surface area contributed by atoms with Gasteiger partial charge in [0.1, 0.15) is 16.6 Å². The molecule has 2 rings (SSSR count). The molecule has 0 bridgehead atoms. The van der Waals surface area contributed by atoms with Gasteiger partial charge in [0, 0.05) is 18.2 Å². The van der Waals surface area contributed by atoms with E-state index in [2.05, 4.69) is 25.8 Å². The Morgan fingerprint density at radius 3 is 1.70 bits per heavy atom. The van der Waals surface area contributed by atoms with Gasteiger partial charge in [-0.1, -0.05) is 102 Å². The Morgan fingerprint density at radius 1 is 0.860 bits per heavy atom. The van der Waals surface area contributed by atoms with Crippen LogP contribution >= 0.6 is 0 Å². The molecule has 0 spiro atoms. The molecular formula is C30H60N2O8Si3. The quantitative estimate of drug-likeness (QED) is 0.231. The first-order chi connectivity index (χ1) is 18.9. The highest BCUT2D eigenvalue weighted by Gasteiger charge is 2.81. The van der Waals surface area contributed by atoms with E-state index >= 15 is 0 Å². The maximum Gasteiger partial charge on any atom is 0.330 e. The fraction of sp³-hybridized carbons (Fsp3) is 0.867. The third-order valence-electron chi connectivity index (χ3n) is 12.2. The molecule has 0 saturated carbocycles. The maximum absolute atomic E-state index is 13.6. The largest absolute Gasteiger partial charge is 0.394 e. The van der Waals surface area contributed by atoms with Gasteiger partial charge in [-0.2, -0.15) is 0 Å². The van der Waals surface area contributed by atoms with Crippen molar-refractivity contribution in [2.75, 3.05) is 6.61 Å². The lowest BCUT2D eigenvalue weighted by molar-refractivity contribution is -0.0784. The molecule has 10 nitrogen and oxygen atoms in total. The zero-order chi connectivity index (χ0) is 34.2. The van der Waals surface area contributed by atoms with E-state index in [-0.39, 0.29) is 17.0 Å². The van der Waals surface area contributed by atoms with Crippen LogP contribution in [0.4, 0.5) is 0 Å². The smallest absolute Gasteiger partial charge is 0.330 e. The molecule has 0 aromatic carbocycles. The average molecular weight is 661 g/mol. The highest BCUT2D eigenvalue weighted by atomic mass is 28.3. The van der Waals surface area contributed by atoms with E-state index in [4.69, 9.17) is 4.74 Å². The first-order valence-electron chi connectivity index (χ1n) is 15.3. The Hall–Kier alpha value is -0.909. The molecule has 13 heteroatoms. The standard InChI is InChI=1S/C30H60N2O8Si3/c1-26(2,3)41(10,11)23(36)21-29(38,42(12,13)27(4,5)6)30(39,43(14,15)28(7,8)9)24(40-21)32-17-19(16-20(34)18-33)22(35)31-25(32)37/h17,20-21,23-24,33-34,36,38-39H,16,18H2,1-15H3,(H,31,35,37)/t20?,21-,23?,24-,29+,30-/m1/s1. The molecule has 0 aliphatic carbocycles. The van der Waals surface area contributed by atoms with E-state index in [1.165, 1.54) is 6.20 Å². The van der Waals surface area contributed by atoms with Crippen LogP contribution in [0, 0.1) is 0 Å². The van der Waals surface area contributed by atoms with Gasteiger partial charge in [0.25, 0.3) is 5.56 Å². The fourth-order valence-corrected chi connectivity index (χ4v) is 16.3. The molecule has 1 saturated heterocycles. The van der Waals surface area contributed by atoms with Gasteiger partial charge in [0.05, 0.1) is 42.7 Å². The minimum atomic E-state index is -3.17. The number of aliphatic hydroxyl groups is 5. The summed E-state index contributed by atoms with van der Waals surface area (Å²) in [5.41, 5.74) is -2.66. The molecule has 6 atom stereocenters. The molecule has 1 aromatic rings. The summed E-state index contributed by atoms with van der Waals surface area (Å²) in [5, 5.41) is 53.8. The highest BCUT2D eigenvalue weighted by molar-refractivity contribution is 6.90. The van der Waals surface area contributed by atoms with Crippen molar-refractivity contribution in [1.82, 2.24) is 9.55 Å². The number of nitrogens with one attached hydrogen (secondary N) is 1. The molecule has 2 heterocycles. The monoisotopic (exact) mass is 660 g/mol. The molecule has 1 aromatic heterocycles. The number of H-pyrrole nitrogens is 1. The SMILES string of the molecule is CC(C)(C)[Si](C)(C)C(O)[C@H]1O[C@@H](n2cc(CC(O)CO)c(=O)[nH]c2=O)[C@@](O)([Si](C)(C)C(C)(C)C)[C@@]1(O)[Si](C)(C)C(C)(C)C. The van der Waals surface area contributed by atoms with Crippen LogP contribution in [-0.4, -0.2) is 94.3 Å². The van der Waals surface area contributed by atoms with Gasteiger partial charge < -0.3 is 30.3 Å². The molecule has 0 radical (unpaired) electrons. The number of rotatable bonds is 8. The Kier molecular flexibility index (Phi) is 10.2. The van der Waals surface area contributed by atoms with Gasteiger partial charge in [-0.3, -0.25) is 14.3 Å². The summed E-state index contributed by atoms with van der Waals surface area (Å²) < 4.78 is 7.90. The van der Waals surface area contributed by atoms with E-state index < -0.39 is 86.8 Å². The maximum atomic E-state index is 13.6. The number of aromatic nitrogens is 2. The van der Waals surface area contributed by atoms with Gasteiger partial charge in [-0.05, 0) is 15.1 Å². The summed E-state index contributed by atoms with van der Waals surface area (Å²) in [4.78, 5) is 28.7. The Morgan fingerprint density at radius 2 is 1.30 bits per heavy atom. The lowest BCUT2D eigenvalue weighted by Gasteiger charge is -2.62. The number of hydrogen-bond acceptors (Lipinski definition) is 8. The summed E-state index contributed by atoms with van der Waals surface area (Å²) in [7, 11) is -8.96. The first kappa shape index (κ1) is 38.3. The van der Waals surface area contributed by atoms with Crippen LogP contribution in [0.15, 0.2) is 15.8 Å². The molecular weight excluding hydrogens is 601 g/mol. The van der Waals surface area contributed by atoms with Crippen molar-refractivity contribution < 1.29 is 30.3 Å². The van der Waals surface area contributed by atoms with E-state index in [9.17, 15) is 35.1 Å². The lowest BCUT2D eigenvalue weighted by atomic mass is 10.1. The summed E-state index contributed by atoms with van der Waals surface area (Å²) in [5.74, 6) is 0. The normalized spacial score (nSPS) is 27.8. The van der Waals surface area contributed by atoms with Gasteiger partial charge in [0.15, 0.2) is 6.23 Å². The van der Waals surface area contributed by atoms with Crippen molar-refractivity contribution in [2.45, 2.75) is 158 Å². The zero-order valence-corrected chi connectivity index (χ0v) is 32.2. The average Bonchev–Trinajstić information content (AvgIpc) is 3.07. The van der Waals surface area contributed by atoms with Gasteiger partial charge in [-0.15, -0.1) is 0 Å². The van der Waals surface area contributed by atoms with Crippen LogP contribution in [0.5, 0.6) is 0 Å². The van der Waals surface area contributed by atoms with Crippen LogP contribution < -0.4 is 11.2 Å². The third-order valence-corrected chi connectivity index (χ3v) is 30.7. The van der Waals surface area contributed by atoms with Crippen molar-refractivity contribution in [2.24, 2.45) is 0 Å². The summed E-state index contributed by atoms with van der Waals surface area (Å²) in [6.45, 7) is 29.8. The summed E-state index contributed by atoms with van der Waals surface area (Å²) in [6.07, 6.45) is -2.90. The van der Waals surface area contributed by atoms with Crippen molar-refractivity contribution >= 4 is 24.2 Å². The first-order valence-corrected chi connectivity index (χ1v) is 24.4. The number of nitrogens with zero attached hydrogens (tertiary/aromatic N) is 1. The predicted molar refractivity (Wildman–Crippen MR) is 180 cm³/mol. The Bertz CT molecular complexity index is 1290. The molecule has 6 N–H and O–H groups in total. The van der Waals surface area contributed by atoms with Gasteiger partial charge >= 0.3 is 5.69 Å². The lowest BCUT2D eigenvalue weighted by Crippen LogP contribution is -2.83. The Labute approximate surface area is 260 Å². The predicted octanol–water partition coefficient (Wildman–Crippen LogP) is 3.30. The fourth-order valence-electron chi connectivity index (χ4n) is 6.06. The van der Waals surface area contributed by atoms with E-state index in [0.717, 1.165) is 4.57 Å². The van der Waals surface area contributed by atoms with E-state index in [1.54, 1.807) is 0 Å². The van der Waals surface area contributed by atoms with Crippen molar-refractivity contribution in [1.29, 1.82) is 0 Å². The summed E-state index contributed by atoms with van der Waals surface area (Å²) >= 11 is 0. The number of hydrogen-bond donors (Lipinski definition) is 6. The van der Waals surface area contributed by atoms with E-state index in [0.29, 0.717) is 0 Å². The third kappa shape index (κ3) is 5.69. The molecule has 1 aliphatic rings. The molecule has 1 aliphatic heterocycles.